The highest BCUT2D eigenvalue weighted by Gasteiger charge is 2.58. The standard InChI is InChI=1S/C9H9NO2.H2O/c1-4-2-3-5-6-7(4)10(8(5)11)9(6)12;/h4-5H,2-3H2,1H3;1H2. The van der Waals surface area contributed by atoms with Crippen LogP contribution >= 0.6 is 0 Å². The first-order chi connectivity index (χ1) is 5.72. The van der Waals surface area contributed by atoms with Crippen molar-refractivity contribution in [2.45, 2.75) is 19.8 Å². The molecule has 1 aliphatic carbocycles. The van der Waals surface area contributed by atoms with Crippen LogP contribution in [0.15, 0.2) is 11.3 Å². The van der Waals surface area contributed by atoms with E-state index in [1.54, 1.807) is 0 Å². The number of hydrogen-bond acceptors (Lipinski definition) is 2. The zero-order chi connectivity index (χ0) is 8.46. The molecule has 4 bridgehead atoms. The molecule has 0 aromatic carbocycles. The molecule has 0 saturated carbocycles. The number of nitrogens with zero attached hydrogens (tertiary/aromatic N) is 1. The molecular weight excluding hydrogens is 170 g/mol. The Balaban J connectivity index is 0.000000653. The van der Waals surface area contributed by atoms with Gasteiger partial charge in [0.15, 0.2) is 0 Å². The first kappa shape index (κ1) is 8.44. The Morgan fingerprint density at radius 1 is 1.31 bits per heavy atom. The average molecular weight is 181 g/mol. The predicted molar refractivity (Wildman–Crippen MR) is 44.4 cm³/mol. The van der Waals surface area contributed by atoms with Crippen LogP contribution in [0, 0.1) is 11.8 Å². The van der Waals surface area contributed by atoms with E-state index in [4.69, 9.17) is 0 Å². The molecule has 70 valence electrons. The van der Waals surface area contributed by atoms with Gasteiger partial charge < -0.3 is 5.48 Å². The number of allylic oxidation sites excluding steroid dienone is 1. The number of rotatable bonds is 0. The van der Waals surface area contributed by atoms with Crippen molar-refractivity contribution in [2.75, 3.05) is 0 Å². The highest BCUT2D eigenvalue weighted by Crippen LogP contribution is 2.51. The largest absolute Gasteiger partial charge is 0.412 e. The van der Waals surface area contributed by atoms with E-state index in [-0.39, 0.29) is 23.2 Å². The summed E-state index contributed by atoms with van der Waals surface area (Å²) in [5.74, 6) is 0.380. The lowest BCUT2D eigenvalue weighted by Crippen LogP contribution is -2.39. The highest BCUT2D eigenvalue weighted by molar-refractivity contribution is 6.22. The predicted octanol–water partition coefficient (Wildman–Crippen LogP) is -0.156. The lowest BCUT2D eigenvalue weighted by molar-refractivity contribution is -0.138. The van der Waals surface area contributed by atoms with Crippen molar-refractivity contribution in [2.24, 2.45) is 11.8 Å². The quantitative estimate of drug-likeness (QED) is 0.487. The van der Waals surface area contributed by atoms with Crippen LogP contribution in [0.4, 0.5) is 0 Å². The first-order valence-corrected chi connectivity index (χ1v) is 4.34. The third-order valence-corrected chi connectivity index (χ3v) is 3.17. The molecule has 4 heteroatoms. The van der Waals surface area contributed by atoms with E-state index in [0.29, 0.717) is 5.92 Å². The Morgan fingerprint density at radius 3 is 2.62 bits per heavy atom. The summed E-state index contributed by atoms with van der Waals surface area (Å²) in [6.07, 6.45) is 1.93. The second kappa shape index (κ2) is 2.20. The Hall–Kier alpha value is -1.16. The molecule has 4 nitrogen and oxygen atoms in total. The van der Waals surface area contributed by atoms with Gasteiger partial charge in [-0.25, -0.2) is 4.90 Å². The van der Waals surface area contributed by atoms with Crippen molar-refractivity contribution in [3.05, 3.63) is 11.3 Å². The van der Waals surface area contributed by atoms with Crippen molar-refractivity contribution >= 4 is 11.8 Å². The molecule has 4 aliphatic rings. The van der Waals surface area contributed by atoms with Crippen molar-refractivity contribution in [3.8, 4) is 0 Å². The van der Waals surface area contributed by atoms with Crippen LogP contribution in [0.5, 0.6) is 0 Å². The average Bonchev–Trinajstić information content (AvgIpc) is 2.42. The number of carbonyl (C=O) groups is 2. The highest BCUT2D eigenvalue weighted by atomic mass is 16.2. The smallest absolute Gasteiger partial charge is 0.263 e. The number of carbonyl (C=O) groups excluding carboxylic acids is 2. The number of hydrogen-bond donors (Lipinski definition) is 0. The fourth-order valence-electron chi connectivity index (χ4n) is 2.54. The van der Waals surface area contributed by atoms with Gasteiger partial charge >= 0.3 is 0 Å². The second-order valence-corrected chi connectivity index (χ2v) is 3.81. The van der Waals surface area contributed by atoms with Gasteiger partial charge in [-0.15, -0.1) is 0 Å². The molecule has 1 saturated heterocycles. The molecule has 4 rings (SSSR count). The Morgan fingerprint density at radius 2 is 2.00 bits per heavy atom. The summed E-state index contributed by atoms with van der Waals surface area (Å²) in [5.41, 5.74) is 1.86. The molecule has 13 heavy (non-hydrogen) atoms. The Kier molecular flexibility index (Phi) is 1.43. The zero-order valence-electron chi connectivity index (χ0n) is 7.33. The first-order valence-electron chi connectivity index (χ1n) is 4.34. The topological polar surface area (TPSA) is 68.9 Å². The van der Waals surface area contributed by atoms with Crippen molar-refractivity contribution in [3.63, 3.8) is 0 Å². The van der Waals surface area contributed by atoms with E-state index in [9.17, 15) is 9.59 Å². The Bertz CT molecular complexity index is 345. The van der Waals surface area contributed by atoms with Crippen LogP contribution in [0.1, 0.15) is 19.8 Å². The van der Waals surface area contributed by atoms with Crippen LogP contribution in [0.25, 0.3) is 0 Å². The van der Waals surface area contributed by atoms with Crippen molar-refractivity contribution in [1.29, 1.82) is 0 Å². The van der Waals surface area contributed by atoms with E-state index in [1.165, 1.54) is 4.90 Å². The van der Waals surface area contributed by atoms with Gasteiger partial charge in [-0.2, -0.15) is 0 Å². The fraction of sp³-hybridized carbons (Fsp3) is 0.556. The van der Waals surface area contributed by atoms with E-state index in [1.807, 2.05) is 0 Å². The maximum Gasteiger partial charge on any atom is 0.263 e. The summed E-state index contributed by atoms with van der Waals surface area (Å²) in [7, 11) is 0. The summed E-state index contributed by atoms with van der Waals surface area (Å²) in [4.78, 5) is 24.1. The molecule has 2 amide bonds. The second-order valence-electron chi connectivity index (χ2n) is 3.81. The zero-order valence-corrected chi connectivity index (χ0v) is 7.33. The van der Waals surface area contributed by atoms with Gasteiger partial charge in [0.05, 0.1) is 11.5 Å². The molecule has 2 atom stereocenters. The summed E-state index contributed by atoms with van der Waals surface area (Å²) in [6, 6.07) is 0. The third-order valence-electron chi connectivity index (χ3n) is 3.17. The summed E-state index contributed by atoms with van der Waals surface area (Å²) in [5, 5.41) is 0. The molecule has 2 unspecified atom stereocenters. The van der Waals surface area contributed by atoms with Crippen LogP contribution in [-0.2, 0) is 9.59 Å². The van der Waals surface area contributed by atoms with Crippen LogP contribution in [0.3, 0.4) is 0 Å². The van der Waals surface area contributed by atoms with Crippen LogP contribution in [-0.4, -0.2) is 22.2 Å². The maximum atomic E-state index is 11.4. The molecule has 0 radical (unpaired) electrons. The van der Waals surface area contributed by atoms with Gasteiger partial charge in [-0.1, -0.05) is 6.92 Å². The monoisotopic (exact) mass is 181 g/mol. The van der Waals surface area contributed by atoms with E-state index < -0.39 is 0 Å². The van der Waals surface area contributed by atoms with E-state index in [2.05, 4.69) is 6.92 Å². The molecule has 0 spiro atoms. The summed E-state index contributed by atoms with van der Waals surface area (Å²) in [6.45, 7) is 2.09. The van der Waals surface area contributed by atoms with Gasteiger partial charge in [0.2, 0.25) is 5.91 Å². The van der Waals surface area contributed by atoms with Gasteiger partial charge in [-0.3, -0.25) is 9.59 Å². The lowest BCUT2D eigenvalue weighted by Gasteiger charge is -2.31. The SMILES string of the molecule is CC1CCC2C(=O)N3C(=O)C2=C13.O. The lowest BCUT2D eigenvalue weighted by atomic mass is 9.81. The van der Waals surface area contributed by atoms with Gasteiger partial charge in [0.1, 0.15) is 0 Å². The van der Waals surface area contributed by atoms with Crippen LogP contribution < -0.4 is 0 Å². The van der Waals surface area contributed by atoms with Gasteiger partial charge in [-0.05, 0) is 18.8 Å². The molecule has 1 fully saturated rings. The summed E-state index contributed by atoms with van der Waals surface area (Å²) >= 11 is 0. The molecular formula is C9H11NO3. The van der Waals surface area contributed by atoms with E-state index in [0.717, 1.165) is 24.1 Å². The van der Waals surface area contributed by atoms with Gasteiger partial charge in [0, 0.05) is 5.70 Å². The van der Waals surface area contributed by atoms with Crippen LogP contribution in [0.2, 0.25) is 0 Å². The minimum Gasteiger partial charge on any atom is -0.412 e. The minimum atomic E-state index is -0.0521. The maximum absolute atomic E-state index is 11.4. The molecule has 0 aromatic heterocycles. The molecule has 0 aromatic rings. The van der Waals surface area contributed by atoms with Gasteiger partial charge in [0.25, 0.3) is 5.91 Å². The fourth-order valence-corrected chi connectivity index (χ4v) is 2.54. The normalized spacial score (nSPS) is 34.7. The molecule has 3 heterocycles. The van der Waals surface area contributed by atoms with Crippen molar-refractivity contribution < 1.29 is 15.1 Å². The Labute approximate surface area is 75.5 Å². The summed E-state index contributed by atoms with van der Waals surface area (Å²) < 4.78 is 0. The molecule has 2 N–H and O–H groups in total. The minimum absolute atomic E-state index is 0. The number of imide groups is 1. The number of amides is 2. The van der Waals surface area contributed by atoms with Crippen molar-refractivity contribution in [1.82, 2.24) is 4.90 Å². The molecule has 3 aliphatic heterocycles. The third kappa shape index (κ3) is 0.659. The van der Waals surface area contributed by atoms with E-state index >= 15 is 0 Å².